The molecule has 6 aromatic rings. The van der Waals surface area contributed by atoms with Crippen LogP contribution in [0, 0.1) is 5.92 Å². The number of alkyl halides is 2. The predicted molar refractivity (Wildman–Crippen MR) is 394 cm³/mol. The zero-order chi connectivity index (χ0) is 80.7. The van der Waals surface area contributed by atoms with Gasteiger partial charge < -0.3 is 80.2 Å². The number of phosphoric ester groups is 1. The van der Waals surface area contributed by atoms with E-state index in [-0.39, 0.29) is 82.7 Å². The number of nitrogens with zero attached hydrogens (tertiary/aromatic N) is 6. The Balaban J connectivity index is 0.589. The third-order valence-corrected chi connectivity index (χ3v) is 23.7. The van der Waals surface area contributed by atoms with Gasteiger partial charge in [0.1, 0.15) is 78.4 Å². The van der Waals surface area contributed by atoms with E-state index < -0.39 is 149 Å². The van der Waals surface area contributed by atoms with Crippen LogP contribution in [0.25, 0.3) is 11.2 Å². The zero-order valence-corrected chi connectivity index (χ0v) is 63.9. The Morgan fingerprint density at radius 3 is 2.06 bits per heavy atom. The average molecular weight is 1640 g/mol. The molecular formula is C71H89F2N11O26P2S. The smallest absolute Gasteiger partial charge is 0.472 e. The number of amides is 4. The van der Waals surface area contributed by atoms with E-state index in [2.05, 4.69) is 30.9 Å². The number of aromatic amines is 1. The minimum atomic E-state index is -5.29. The number of fused-ring (bicyclic) bond motifs is 3. The van der Waals surface area contributed by atoms with Gasteiger partial charge in [-0.25, -0.2) is 52.0 Å². The normalized spacial score (nSPS) is 26.9. The second-order valence-electron chi connectivity index (χ2n) is 27.6. The number of carbonyl (C=O) groups is 6. The van der Waals surface area contributed by atoms with Crippen LogP contribution in [0.15, 0.2) is 101 Å². The van der Waals surface area contributed by atoms with Crippen LogP contribution in [-0.4, -0.2) is 208 Å². The topological polar surface area (TPSA) is 503 Å². The molecule has 0 aliphatic carbocycles. The van der Waals surface area contributed by atoms with Gasteiger partial charge in [0, 0.05) is 43.9 Å². The molecule has 4 amide bonds. The molecule has 11 N–H and O–H groups in total. The maximum Gasteiger partial charge on any atom is 0.472 e. The first kappa shape index (κ1) is 85.2. The number of aromatic nitrogens is 6. The quantitative estimate of drug-likeness (QED) is 0.00709. The Bertz CT molecular complexity index is 4520. The molecule has 0 saturated carbocycles. The minimum absolute atomic E-state index is 0.0285. The number of nitrogens with two attached hydrogens (primary N) is 1. The van der Waals surface area contributed by atoms with Gasteiger partial charge in [0.2, 0.25) is 24.0 Å². The van der Waals surface area contributed by atoms with E-state index in [1.54, 1.807) is 36.4 Å². The highest BCUT2D eigenvalue weighted by Crippen LogP contribution is 2.65. The average Bonchev–Trinajstić information content (AvgIpc) is 1.66. The van der Waals surface area contributed by atoms with Gasteiger partial charge in [-0.1, -0.05) is 77.0 Å². The van der Waals surface area contributed by atoms with Crippen molar-refractivity contribution in [2.24, 2.45) is 5.92 Å². The first-order chi connectivity index (χ1) is 54.1. The summed E-state index contributed by atoms with van der Waals surface area (Å²) in [5.74, 6) is -3.02. The lowest BCUT2D eigenvalue weighted by Crippen LogP contribution is -2.61. The van der Waals surface area contributed by atoms with Crippen molar-refractivity contribution in [2.45, 2.75) is 196 Å². The first-order valence-electron chi connectivity index (χ1n) is 36.7. The molecule has 5 aliphatic rings. The number of phosphoric acid groups is 1. The Kier molecular flexibility index (Phi) is 29.5. The van der Waals surface area contributed by atoms with Crippen molar-refractivity contribution >= 4 is 84.4 Å². The van der Waals surface area contributed by atoms with Gasteiger partial charge in [0.15, 0.2) is 42.4 Å². The summed E-state index contributed by atoms with van der Waals surface area (Å²) in [4.78, 5) is 127. The number of anilines is 2. The third-order valence-electron chi connectivity index (χ3n) is 19.1. The summed E-state index contributed by atoms with van der Waals surface area (Å²) < 4.78 is 126. The number of aliphatic carboxylic acids is 1. The lowest BCUT2D eigenvalue weighted by molar-refractivity contribution is -0.271. The number of aliphatic hydroxyl groups is 3. The second kappa shape index (κ2) is 39.1. The molecule has 5 fully saturated rings. The lowest BCUT2D eigenvalue weighted by atomic mass is 9.99. The van der Waals surface area contributed by atoms with Crippen LogP contribution in [0.3, 0.4) is 0 Å². The van der Waals surface area contributed by atoms with E-state index in [0.29, 0.717) is 84.7 Å². The maximum absolute atomic E-state index is 16.7. The summed E-state index contributed by atoms with van der Waals surface area (Å²) in [6, 6.07) is 17.0. The van der Waals surface area contributed by atoms with E-state index in [1.165, 1.54) is 35.2 Å². The van der Waals surface area contributed by atoms with Crippen molar-refractivity contribution in [3.63, 3.8) is 0 Å². The molecule has 11 rings (SSSR count). The maximum atomic E-state index is 16.7. The number of hydrogen-bond donors (Lipinski definition) is 10. The third kappa shape index (κ3) is 22.2. The number of halogens is 2. The number of carboxylic acid groups (broad SMARTS) is 1. The van der Waals surface area contributed by atoms with Crippen molar-refractivity contribution in [1.82, 2.24) is 44.6 Å². The van der Waals surface area contributed by atoms with Gasteiger partial charge in [-0.15, -0.1) is 0 Å². The number of esters is 1. The van der Waals surface area contributed by atoms with Gasteiger partial charge in [-0.2, -0.15) is 0 Å². The van der Waals surface area contributed by atoms with Gasteiger partial charge in [-0.3, -0.25) is 56.3 Å². The Hall–Kier alpha value is -8.70. The highest BCUT2D eigenvalue weighted by molar-refractivity contribution is 8.54. The number of aliphatic hydroxyl groups excluding tert-OH is 3. The fourth-order valence-corrected chi connectivity index (χ4v) is 17.4. The molecule has 5 saturated heterocycles. The number of H-pyrrole nitrogens is 1. The van der Waals surface area contributed by atoms with Crippen molar-refractivity contribution in [3.8, 4) is 17.2 Å². The van der Waals surface area contributed by atoms with Crippen molar-refractivity contribution in [1.29, 1.82) is 0 Å². The summed E-state index contributed by atoms with van der Waals surface area (Å²) in [6.07, 6.45) is -13.0. The number of nitrogens with one attached hydrogen (secondary N) is 4. The summed E-state index contributed by atoms with van der Waals surface area (Å²) in [5, 5.41) is 49.8. The van der Waals surface area contributed by atoms with Crippen LogP contribution >= 0.6 is 26.0 Å². The number of unbranched alkanes of at least 4 members (excludes halogenated alkanes) is 9. The van der Waals surface area contributed by atoms with Crippen LogP contribution in [0.4, 0.5) is 25.1 Å². The number of alkyl carbamates (subject to hydrolysis) is 1. The SMILES string of the molecule is CC(C)[C@H](NCCCCCN1C(=O)CCC1=O)C(=O)Nc1cc(COC(=O)NCCCCCCCCCCOc2ccc(C(=O)Oc3ccc(CSP4(=O)OC[C@H]5O[C@@H](n6cnc7c(N)ncnc76)[C@H](F)[C@@H]5OP(=O)(O)OC[C@H]5O[C@@H](n6ccc(=O)[nH]c6=O)[C@H](F)[C@@H]5O4)cc3)cc2)ccc1O[C@H]1O[C@H](C(=O)O)[C@@H](O)[C@H](O)[C@H]1O. The van der Waals surface area contributed by atoms with Crippen molar-refractivity contribution in [2.75, 3.05) is 50.5 Å². The molecule has 3 aromatic carbocycles. The molecule has 42 heteroatoms. The fourth-order valence-electron chi connectivity index (χ4n) is 13.0. The molecule has 5 aliphatic heterocycles. The Labute approximate surface area is 648 Å². The molecule has 0 bridgehead atoms. The van der Waals surface area contributed by atoms with E-state index in [4.69, 9.17) is 57.0 Å². The standard InChI is InChI=1S/C71H89F2N11O26P2S/c1-39(2)54(75-27-11-9-12-29-82-50(86)24-25-51(82)87)64(91)80-45-32-41(16-23-46(45)107-69-58(90)56(88)57(89)61(108-69)67(92)93)33-101-71(96)76-28-10-7-5-3-4-6-8-13-31-100-43-21-17-42(18-22-43)68(94)104-44-19-14-40(15-20-44)36-113-112(99)103-35-48-59(52(72)66(106-48)84-38-79-55-62(74)77-37-78-63(55)84)109-111(97,98)102-34-47-60(110-112)53(73)65(105-47)83-30-26-49(85)81-70(83)95/h14-23,26,30,32,37-39,47-48,52-54,56-61,65-66,69,75,88-90H,3-13,24-25,27-29,31,33-36H2,1-2H3,(H,76,96)(H,80,91)(H,92,93)(H,97,98)(H2,74,77,78)(H,81,85,95)/t47-,48-,52-,53-,54+,56+,57+,58-,59-,60-,61+,65-,66-,69+,112?/m1/s1. The van der Waals surface area contributed by atoms with Crippen LogP contribution in [0.5, 0.6) is 17.2 Å². The minimum Gasteiger partial charge on any atom is -0.494 e. The largest absolute Gasteiger partial charge is 0.494 e. The van der Waals surface area contributed by atoms with E-state index in [9.17, 15) is 68.2 Å². The van der Waals surface area contributed by atoms with Crippen LogP contribution < -0.4 is 47.1 Å². The Morgan fingerprint density at radius 2 is 1.37 bits per heavy atom. The number of rotatable bonds is 34. The van der Waals surface area contributed by atoms with Crippen LogP contribution in [0.2, 0.25) is 0 Å². The first-order valence-corrected chi connectivity index (χ1v) is 41.4. The summed E-state index contributed by atoms with van der Waals surface area (Å²) in [5.41, 5.74) is 5.29. The van der Waals surface area contributed by atoms with E-state index >= 15 is 13.3 Å². The van der Waals surface area contributed by atoms with Crippen LogP contribution in [-0.2, 0) is 77.7 Å². The predicted octanol–water partition coefficient (Wildman–Crippen LogP) is 6.18. The highest BCUT2D eigenvalue weighted by Gasteiger charge is 2.56. The number of imidazole rings is 1. The number of carboxylic acids is 1. The molecule has 2 unspecified atom stereocenters. The number of nitrogen functional groups attached to an aromatic ring is 1. The van der Waals surface area contributed by atoms with Gasteiger partial charge in [0.25, 0.3) is 5.56 Å². The monoisotopic (exact) mass is 1640 g/mol. The van der Waals surface area contributed by atoms with Crippen molar-refractivity contribution in [3.05, 3.63) is 129 Å². The van der Waals surface area contributed by atoms with Gasteiger partial charge >= 0.3 is 38.3 Å². The number of ether oxygens (including phenoxy) is 7. The number of likely N-dealkylation sites (tertiary alicyclic amines) is 1. The molecule has 0 radical (unpaired) electrons. The Morgan fingerprint density at radius 1 is 0.735 bits per heavy atom. The molecule has 16 atom stereocenters. The lowest BCUT2D eigenvalue weighted by Gasteiger charge is -2.38. The number of imide groups is 1. The number of benzene rings is 3. The molecule has 614 valence electrons. The molecule has 113 heavy (non-hydrogen) atoms. The highest BCUT2D eigenvalue weighted by atomic mass is 32.7. The summed E-state index contributed by atoms with van der Waals surface area (Å²) in [7, 11) is -5.29. The summed E-state index contributed by atoms with van der Waals surface area (Å²) in [6.45, 7) is -1.61. The van der Waals surface area contributed by atoms with Crippen LogP contribution in [0.1, 0.15) is 131 Å². The number of hydrogen-bond acceptors (Lipinski definition) is 30. The van der Waals surface area contributed by atoms with Gasteiger partial charge in [0.05, 0.1) is 43.4 Å². The molecule has 0 spiro atoms. The van der Waals surface area contributed by atoms with Gasteiger partial charge in [-0.05, 0) is 109 Å². The van der Waals surface area contributed by atoms with Crippen molar-refractivity contribution < 1.29 is 123 Å². The number of carbonyl (C=O) groups excluding carboxylic acids is 5. The molecule has 8 heterocycles. The zero-order valence-electron chi connectivity index (χ0n) is 61.3. The molecular weight excluding hydrogens is 1550 g/mol. The van der Waals surface area contributed by atoms with E-state index in [1.807, 2.05) is 18.8 Å². The second-order valence-corrected chi connectivity index (χ2v) is 33.1. The molecule has 37 nitrogen and oxygen atoms in total. The molecule has 3 aromatic heterocycles. The van der Waals surface area contributed by atoms with E-state index in [0.717, 1.165) is 74.4 Å². The summed E-state index contributed by atoms with van der Waals surface area (Å²) >= 11 is 0.560. The fraction of sp³-hybridized carbons (Fsp3) is 0.535.